The highest BCUT2D eigenvalue weighted by molar-refractivity contribution is 5.62. The molecule has 1 N–H and O–H groups in total. The van der Waals surface area contributed by atoms with Crippen LogP contribution in [0.15, 0.2) is 59.4 Å². The molecule has 4 heteroatoms. The molecule has 0 aliphatic carbocycles. The molecule has 1 heterocycles. The van der Waals surface area contributed by atoms with Crippen molar-refractivity contribution in [2.75, 3.05) is 0 Å². The van der Waals surface area contributed by atoms with Crippen molar-refractivity contribution in [2.24, 2.45) is 0 Å². The Morgan fingerprint density at radius 1 is 1.10 bits per heavy atom. The Hall–Kier alpha value is -2.62. The van der Waals surface area contributed by atoms with E-state index in [1.54, 1.807) is 19.1 Å². The largest absolute Gasteiger partial charge is 0.294 e. The third-order valence-electron chi connectivity index (χ3n) is 3.48. The Kier molecular flexibility index (Phi) is 3.44. The maximum Gasteiger partial charge on any atom is 0.270 e. The van der Waals surface area contributed by atoms with Gasteiger partial charge in [0.2, 0.25) is 0 Å². The van der Waals surface area contributed by atoms with Gasteiger partial charge in [-0.15, -0.1) is 0 Å². The highest BCUT2D eigenvalue weighted by Crippen LogP contribution is 2.18. The number of H-pyrrole nitrogens is 1. The van der Waals surface area contributed by atoms with Gasteiger partial charge in [-0.1, -0.05) is 42.5 Å². The lowest BCUT2D eigenvalue weighted by Crippen LogP contribution is -2.18. The van der Waals surface area contributed by atoms with E-state index in [0.29, 0.717) is 12.1 Å². The lowest BCUT2D eigenvalue weighted by Gasteiger charge is -2.03. The van der Waals surface area contributed by atoms with Crippen molar-refractivity contribution >= 4 is 0 Å². The minimum absolute atomic E-state index is 0.0851. The molecule has 0 spiro atoms. The monoisotopic (exact) mass is 282 g/mol. The summed E-state index contributed by atoms with van der Waals surface area (Å²) in [5.74, 6) is -0.299. The lowest BCUT2D eigenvalue weighted by molar-refractivity contribution is 0.616. The van der Waals surface area contributed by atoms with Crippen LogP contribution >= 0.6 is 0 Å². The molecule has 3 aromatic rings. The van der Waals surface area contributed by atoms with Crippen LogP contribution in [0.4, 0.5) is 4.39 Å². The number of nitrogens with zero attached hydrogens (tertiary/aromatic N) is 1. The highest BCUT2D eigenvalue weighted by Gasteiger charge is 2.11. The van der Waals surface area contributed by atoms with E-state index in [4.69, 9.17) is 0 Å². The maximum absolute atomic E-state index is 13.2. The number of hydrogen-bond donors (Lipinski definition) is 1. The molecule has 0 saturated heterocycles. The summed E-state index contributed by atoms with van der Waals surface area (Å²) in [5, 5.41) is 3.12. The van der Waals surface area contributed by atoms with Crippen LogP contribution in [-0.2, 0) is 6.54 Å². The molecular formula is C17H15FN2O. The Labute approximate surface area is 121 Å². The first-order valence-electron chi connectivity index (χ1n) is 6.74. The first-order chi connectivity index (χ1) is 10.1. The van der Waals surface area contributed by atoms with E-state index < -0.39 is 0 Å². The van der Waals surface area contributed by atoms with Gasteiger partial charge in [-0.2, -0.15) is 0 Å². The van der Waals surface area contributed by atoms with Crippen molar-refractivity contribution in [3.63, 3.8) is 0 Å². The standard InChI is InChI=1S/C17H15FN2O/c1-12-16(14-7-3-2-4-8-14)19-20(17(12)21)11-13-6-5-9-15(18)10-13/h2-10,19H,11H2,1H3. The van der Waals surface area contributed by atoms with Gasteiger partial charge in [0.05, 0.1) is 12.2 Å². The quantitative estimate of drug-likeness (QED) is 0.786. The second kappa shape index (κ2) is 5.40. The predicted octanol–water partition coefficient (Wildman–Crippen LogP) is 3.34. The highest BCUT2D eigenvalue weighted by atomic mass is 19.1. The normalized spacial score (nSPS) is 10.8. The number of aromatic nitrogens is 2. The van der Waals surface area contributed by atoms with Crippen molar-refractivity contribution < 1.29 is 4.39 Å². The van der Waals surface area contributed by atoms with E-state index in [2.05, 4.69) is 5.10 Å². The summed E-state index contributed by atoms with van der Waals surface area (Å²) in [4.78, 5) is 12.3. The van der Waals surface area contributed by atoms with Crippen LogP contribution in [0.3, 0.4) is 0 Å². The summed E-state index contributed by atoms with van der Waals surface area (Å²) in [6.45, 7) is 2.12. The van der Waals surface area contributed by atoms with E-state index in [9.17, 15) is 9.18 Å². The molecule has 0 unspecified atom stereocenters. The van der Waals surface area contributed by atoms with Crippen LogP contribution in [0.5, 0.6) is 0 Å². The number of hydrogen-bond acceptors (Lipinski definition) is 1. The maximum atomic E-state index is 13.2. The van der Waals surface area contributed by atoms with E-state index in [1.807, 2.05) is 30.3 Å². The fraction of sp³-hybridized carbons (Fsp3) is 0.118. The van der Waals surface area contributed by atoms with Crippen molar-refractivity contribution in [3.8, 4) is 11.3 Å². The van der Waals surface area contributed by atoms with Crippen molar-refractivity contribution in [3.05, 3.63) is 81.9 Å². The molecule has 21 heavy (non-hydrogen) atoms. The van der Waals surface area contributed by atoms with Gasteiger partial charge in [0.15, 0.2) is 0 Å². The Morgan fingerprint density at radius 2 is 1.86 bits per heavy atom. The molecule has 0 bridgehead atoms. The molecule has 3 rings (SSSR count). The topological polar surface area (TPSA) is 37.8 Å². The van der Waals surface area contributed by atoms with Crippen LogP contribution in [0, 0.1) is 12.7 Å². The third kappa shape index (κ3) is 2.65. The Bertz CT molecular complexity index is 818. The smallest absolute Gasteiger partial charge is 0.270 e. The molecule has 2 aromatic carbocycles. The van der Waals surface area contributed by atoms with E-state index >= 15 is 0 Å². The SMILES string of the molecule is Cc1c(-c2ccccc2)[nH]n(Cc2cccc(F)c2)c1=O. The van der Waals surface area contributed by atoms with Crippen LogP contribution < -0.4 is 5.56 Å². The van der Waals surface area contributed by atoms with Crippen molar-refractivity contribution in [2.45, 2.75) is 13.5 Å². The molecule has 106 valence electrons. The molecule has 0 aliphatic rings. The van der Waals surface area contributed by atoms with Gasteiger partial charge in [-0.25, -0.2) is 9.07 Å². The predicted molar refractivity (Wildman–Crippen MR) is 80.7 cm³/mol. The summed E-state index contributed by atoms with van der Waals surface area (Å²) in [5.41, 5.74) is 3.09. The number of nitrogens with one attached hydrogen (secondary N) is 1. The fourth-order valence-corrected chi connectivity index (χ4v) is 2.39. The third-order valence-corrected chi connectivity index (χ3v) is 3.48. The molecule has 0 amide bonds. The number of aromatic amines is 1. The van der Waals surface area contributed by atoms with Crippen LogP contribution in [-0.4, -0.2) is 9.78 Å². The molecule has 3 nitrogen and oxygen atoms in total. The number of rotatable bonds is 3. The van der Waals surface area contributed by atoms with Crippen LogP contribution in [0.25, 0.3) is 11.3 Å². The first kappa shape index (κ1) is 13.4. The fourth-order valence-electron chi connectivity index (χ4n) is 2.39. The summed E-state index contributed by atoms with van der Waals surface area (Å²) in [6, 6.07) is 16.0. The minimum Gasteiger partial charge on any atom is -0.294 e. The van der Waals surface area contributed by atoms with Gasteiger partial charge in [-0.3, -0.25) is 9.89 Å². The van der Waals surface area contributed by atoms with E-state index in [-0.39, 0.29) is 11.4 Å². The lowest BCUT2D eigenvalue weighted by atomic mass is 10.1. The second-order valence-corrected chi connectivity index (χ2v) is 5.00. The van der Waals surface area contributed by atoms with Gasteiger partial charge >= 0.3 is 0 Å². The van der Waals surface area contributed by atoms with Gasteiger partial charge in [-0.05, 0) is 30.2 Å². The van der Waals surface area contributed by atoms with Gasteiger partial charge in [0, 0.05) is 5.56 Å². The second-order valence-electron chi connectivity index (χ2n) is 5.00. The molecule has 0 atom stereocenters. The zero-order valence-electron chi connectivity index (χ0n) is 11.6. The Balaban J connectivity index is 2.00. The molecular weight excluding hydrogens is 267 g/mol. The summed E-state index contributed by atoms with van der Waals surface area (Å²) in [6.07, 6.45) is 0. The zero-order valence-corrected chi connectivity index (χ0v) is 11.6. The molecule has 0 saturated carbocycles. The molecule has 1 aromatic heterocycles. The minimum atomic E-state index is -0.299. The molecule has 0 aliphatic heterocycles. The van der Waals surface area contributed by atoms with E-state index in [1.165, 1.54) is 16.8 Å². The van der Waals surface area contributed by atoms with Gasteiger partial charge in [0.25, 0.3) is 5.56 Å². The Morgan fingerprint density at radius 3 is 2.57 bits per heavy atom. The van der Waals surface area contributed by atoms with Gasteiger partial charge in [0.1, 0.15) is 5.82 Å². The van der Waals surface area contributed by atoms with Crippen LogP contribution in [0.1, 0.15) is 11.1 Å². The molecule has 0 fully saturated rings. The average molecular weight is 282 g/mol. The summed E-state index contributed by atoms with van der Waals surface area (Å²) < 4.78 is 14.7. The summed E-state index contributed by atoms with van der Waals surface area (Å²) >= 11 is 0. The van der Waals surface area contributed by atoms with Gasteiger partial charge < -0.3 is 0 Å². The first-order valence-corrected chi connectivity index (χ1v) is 6.74. The zero-order chi connectivity index (χ0) is 14.8. The van der Waals surface area contributed by atoms with Crippen molar-refractivity contribution in [1.29, 1.82) is 0 Å². The molecule has 0 radical (unpaired) electrons. The number of benzene rings is 2. The van der Waals surface area contributed by atoms with Crippen molar-refractivity contribution in [1.82, 2.24) is 9.78 Å². The summed E-state index contributed by atoms with van der Waals surface area (Å²) in [7, 11) is 0. The average Bonchev–Trinajstić information content (AvgIpc) is 2.77. The number of halogens is 1. The van der Waals surface area contributed by atoms with E-state index in [0.717, 1.165) is 16.8 Å². The van der Waals surface area contributed by atoms with Crippen LogP contribution in [0.2, 0.25) is 0 Å².